The highest BCUT2D eigenvalue weighted by Gasteiger charge is 1.97. The highest BCUT2D eigenvalue weighted by molar-refractivity contribution is 6.33. The van der Waals surface area contributed by atoms with Crippen LogP contribution in [0, 0.1) is 0 Å². The number of ether oxygens (including phenoxy) is 1. The molecule has 2 aromatic rings. The van der Waals surface area contributed by atoms with Crippen LogP contribution in [0.15, 0.2) is 36.4 Å². The van der Waals surface area contributed by atoms with Crippen LogP contribution < -0.4 is 10.2 Å². The van der Waals surface area contributed by atoms with Gasteiger partial charge in [0, 0.05) is 0 Å². The molecule has 0 aliphatic heterocycles. The topological polar surface area (TPSA) is 9.23 Å². The van der Waals surface area contributed by atoms with Gasteiger partial charge in [-0.3, -0.25) is 0 Å². The zero-order valence-electron chi connectivity index (χ0n) is 8.66. The van der Waals surface area contributed by atoms with Crippen molar-refractivity contribution in [3.8, 4) is 5.75 Å². The largest absolute Gasteiger partial charge is 0.491 e. The van der Waals surface area contributed by atoms with Crippen LogP contribution in [0.5, 0.6) is 5.75 Å². The number of benzene rings is 2. The zero-order valence-corrected chi connectivity index (χ0v) is 8.66. The molecule has 0 aliphatic rings. The Kier molecular flexibility index (Phi) is 2.90. The third-order valence-electron chi connectivity index (χ3n) is 2.31. The number of alkyl halides is 1. The first-order valence-corrected chi connectivity index (χ1v) is 4.99. The molecule has 76 valence electrons. The van der Waals surface area contributed by atoms with E-state index in [4.69, 9.17) is 4.74 Å². The van der Waals surface area contributed by atoms with Crippen LogP contribution in [0.3, 0.4) is 0 Å². The van der Waals surface area contributed by atoms with Crippen LogP contribution in [0.25, 0.3) is 10.8 Å². The standard InChI is InChI=1S/C12H12BFO/c13-11-3-1-10-8-12(15-6-5-14)4-2-9(10)7-11/h1-4,7-8H,5-6,13H2. The second kappa shape index (κ2) is 4.34. The summed E-state index contributed by atoms with van der Waals surface area (Å²) in [5.41, 5.74) is 1.24. The van der Waals surface area contributed by atoms with Crippen LogP contribution in [0.2, 0.25) is 0 Å². The smallest absolute Gasteiger partial charge is 0.139 e. The molecule has 0 unspecified atom stereocenters. The first-order valence-electron chi connectivity index (χ1n) is 4.99. The Bertz CT molecular complexity index is 470. The van der Waals surface area contributed by atoms with Crippen molar-refractivity contribution in [1.29, 1.82) is 0 Å². The summed E-state index contributed by atoms with van der Waals surface area (Å²) in [6, 6.07) is 12.0. The Balaban J connectivity index is 2.34. The molecule has 0 aromatic heterocycles. The number of fused-ring (bicyclic) bond motifs is 1. The van der Waals surface area contributed by atoms with Crippen molar-refractivity contribution in [2.45, 2.75) is 0 Å². The van der Waals surface area contributed by atoms with Gasteiger partial charge < -0.3 is 4.74 Å². The molecule has 0 radical (unpaired) electrons. The van der Waals surface area contributed by atoms with Crippen LogP contribution in [0.1, 0.15) is 0 Å². The van der Waals surface area contributed by atoms with E-state index >= 15 is 0 Å². The van der Waals surface area contributed by atoms with Crippen molar-refractivity contribution in [3.05, 3.63) is 36.4 Å². The van der Waals surface area contributed by atoms with Gasteiger partial charge in [-0.1, -0.05) is 29.7 Å². The number of halogens is 1. The monoisotopic (exact) mass is 202 g/mol. The van der Waals surface area contributed by atoms with Gasteiger partial charge in [-0.05, 0) is 22.9 Å². The molecule has 0 amide bonds. The molecule has 2 rings (SSSR count). The Hall–Kier alpha value is -1.51. The van der Waals surface area contributed by atoms with Crippen LogP contribution in [-0.4, -0.2) is 21.1 Å². The maximum Gasteiger partial charge on any atom is 0.139 e. The molecule has 0 spiro atoms. The third kappa shape index (κ3) is 2.29. The van der Waals surface area contributed by atoms with Gasteiger partial charge in [0.05, 0.1) is 0 Å². The summed E-state index contributed by atoms with van der Waals surface area (Å²) >= 11 is 0. The minimum atomic E-state index is -0.452. The predicted molar refractivity (Wildman–Crippen MR) is 63.6 cm³/mol. The molecule has 1 nitrogen and oxygen atoms in total. The Morgan fingerprint density at radius 3 is 2.60 bits per heavy atom. The lowest BCUT2D eigenvalue weighted by atomic mass is 9.93. The van der Waals surface area contributed by atoms with E-state index in [0.29, 0.717) is 0 Å². The van der Waals surface area contributed by atoms with E-state index in [1.165, 1.54) is 10.8 Å². The minimum Gasteiger partial charge on any atom is -0.491 e. The lowest BCUT2D eigenvalue weighted by Crippen LogP contribution is -2.00. The number of rotatable bonds is 3. The van der Waals surface area contributed by atoms with Crippen molar-refractivity contribution >= 4 is 24.1 Å². The fourth-order valence-electron chi connectivity index (χ4n) is 1.59. The van der Waals surface area contributed by atoms with E-state index < -0.39 is 6.67 Å². The molecule has 15 heavy (non-hydrogen) atoms. The second-order valence-electron chi connectivity index (χ2n) is 3.55. The van der Waals surface area contributed by atoms with E-state index in [1.807, 2.05) is 24.3 Å². The lowest BCUT2D eigenvalue weighted by Gasteiger charge is -2.05. The molecule has 0 heterocycles. The van der Waals surface area contributed by atoms with E-state index in [0.717, 1.165) is 11.1 Å². The summed E-state index contributed by atoms with van der Waals surface area (Å²) in [5.74, 6) is 0.726. The van der Waals surface area contributed by atoms with E-state index in [9.17, 15) is 4.39 Å². The SMILES string of the molecule is Bc1ccc2cc(OCCF)ccc2c1. The zero-order chi connectivity index (χ0) is 10.7. The molecule has 3 heteroatoms. The van der Waals surface area contributed by atoms with E-state index in [-0.39, 0.29) is 6.61 Å². The van der Waals surface area contributed by atoms with Crippen molar-refractivity contribution < 1.29 is 9.13 Å². The average Bonchev–Trinajstić information content (AvgIpc) is 2.26. The van der Waals surface area contributed by atoms with Crippen molar-refractivity contribution in [1.82, 2.24) is 0 Å². The summed E-state index contributed by atoms with van der Waals surface area (Å²) in [6.45, 7) is -0.330. The van der Waals surface area contributed by atoms with E-state index in [1.54, 1.807) is 0 Å². The van der Waals surface area contributed by atoms with Gasteiger partial charge in [-0.15, -0.1) is 0 Å². The molecule has 2 aromatic carbocycles. The number of hydrogen-bond acceptors (Lipinski definition) is 1. The second-order valence-corrected chi connectivity index (χ2v) is 3.55. The molecule has 0 saturated carbocycles. The van der Waals surface area contributed by atoms with Gasteiger partial charge in [-0.25, -0.2) is 4.39 Å². The average molecular weight is 202 g/mol. The molecule has 0 N–H and O–H groups in total. The van der Waals surface area contributed by atoms with Crippen molar-refractivity contribution in [2.75, 3.05) is 13.3 Å². The van der Waals surface area contributed by atoms with Gasteiger partial charge in [0.15, 0.2) is 0 Å². The molecular formula is C12H12BFO. The van der Waals surface area contributed by atoms with Gasteiger partial charge in [0.1, 0.15) is 26.9 Å². The molecule has 0 atom stereocenters. The molecule has 0 aliphatic carbocycles. The molecule has 0 fully saturated rings. The summed E-state index contributed by atoms with van der Waals surface area (Å²) < 4.78 is 17.1. The quantitative estimate of drug-likeness (QED) is 0.684. The fourth-order valence-corrected chi connectivity index (χ4v) is 1.59. The molecular weight excluding hydrogens is 190 g/mol. The summed E-state index contributed by atoms with van der Waals surface area (Å²) in [6.07, 6.45) is 0. The van der Waals surface area contributed by atoms with Gasteiger partial charge in [-0.2, -0.15) is 0 Å². The number of hydrogen-bond donors (Lipinski definition) is 0. The minimum absolute atomic E-state index is 0.122. The van der Waals surface area contributed by atoms with Gasteiger partial charge in [0.25, 0.3) is 0 Å². The Morgan fingerprint density at radius 2 is 1.80 bits per heavy atom. The van der Waals surface area contributed by atoms with Gasteiger partial charge >= 0.3 is 0 Å². The summed E-state index contributed by atoms with van der Waals surface area (Å²) in [7, 11) is 2.06. The lowest BCUT2D eigenvalue weighted by molar-refractivity contribution is 0.273. The highest BCUT2D eigenvalue weighted by Crippen LogP contribution is 2.19. The third-order valence-corrected chi connectivity index (χ3v) is 2.31. The normalized spacial score (nSPS) is 10.5. The fraction of sp³-hybridized carbons (Fsp3) is 0.167. The van der Waals surface area contributed by atoms with E-state index in [2.05, 4.69) is 20.0 Å². The van der Waals surface area contributed by atoms with Gasteiger partial charge in [0.2, 0.25) is 0 Å². The van der Waals surface area contributed by atoms with Crippen LogP contribution in [0.4, 0.5) is 4.39 Å². The summed E-state index contributed by atoms with van der Waals surface area (Å²) in [4.78, 5) is 0. The first kappa shape index (κ1) is 10.0. The Labute approximate surface area is 89.3 Å². The van der Waals surface area contributed by atoms with Crippen molar-refractivity contribution in [2.24, 2.45) is 0 Å². The van der Waals surface area contributed by atoms with Crippen molar-refractivity contribution in [3.63, 3.8) is 0 Å². The molecule has 0 saturated heterocycles. The van der Waals surface area contributed by atoms with Crippen LogP contribution >= 0.6 is 0 Å². The maximum absolute atomic E-state index is 11.9. The maximum atomic E-state index is 11.9. The van der Waals surface area contributed by atoms with Crippen LogP contribution in [-0.2, 0) is 0 Å². The highest BCUT2D eigenvalue weighted by atomic mass is 19.1. The first-order chi connectivity index (χ1) is 7.29. The Morgan fingerprint density at radius 1 is 1.07 bits per heavy atom. The molecule has 0 bridgehead atoms. The summed E-state index contributed by atoms with van der Waals surface area (Å²) in [5, 5.41) is 2.31. The predicted octanol–water partition coefficient (Wildman–Crippen LogP) is 1.45.